The summed E-state index contributed by atoms with van der Waals surface area (Å²) < 4.78 is 14.8. The molecule has 88 valence electrons. The minimum Gasteiger partial charge on any atom is -0.471 e. The van der Waals surface area contributed by atoms with Crippen LogP contribution in [0.5, 0.6) is 12.0 Å². The Balaban J connectivity index is 2.82. The first-order valence-corrected chi connectivity index (χ1v) is 4.88. The SMILES string of the molecule is CCOC(=S)Nc1nc(OC)nc(OC)n1. The fourth-order valence-electron chi connectivity index (χ4n) is 0.835. The molecule has 0 aliphatic carbocycles. The van der Waals surface area contributed by atoms with Crippen molar-refractivity contribution in [3.05, 3.63) is 0 Å². The van der Waals surface area contributed by atoms with Gasteiger partial charge in [0.25, 0.3) is 5.17 Å². The number of ether oxygens (including phenoxy) is 3. The molecule has 1 rings (SSSR count). The fourth-order valence-corrected chi connectivity index (χ4v) is 1.04. The number of thiocarbonyl (C=S) groups is 1. The van der Waals surface area contributed by atoms with Gasteiger partial charge in [-0.2, -0.15) is 9.97 Å². The average molecular weight is 244 g/mol. The summed E-state index contributed by atoms with van der Waals surface area (Å²) in [6, 6.07) is 0.266. The van der Waals surface area contributed by atoms with Crippen LogP contribution in [-0.4, -0.2) is 41.0 Å². The third-order valence-corrected chi connectivity index (χ3v) is 1.67. The summed E-state index contributed by atoms with van der Waals surface area (Å²) in [4.78, 5) is 11.7. The number of nitrogens with one attached hydrogen (secondary N) is 1. The molecular formula is C8H12N4O3S. The monoisotopic (exact) mass is 244 g/mol. The zero-order valence-corrected chi connectivity index (χ0v) is 10.00. The molecule has 0 fully saturated rings. The molecule has 1 aromatic rings. The highest BCUT2D eigenvalue weighted by Gasteiger charge is 2.08. The van der Waals surface area contributed by atoms with Crippen LogP contribution >= 0.6 is 12.2 Å². The van der Waals surface area contributed by atoms with Crippen molar-refractivity contribution >= 4 is 23.3 Å². The lowest BCUT2D eigenvalue weighted by Crippen LogP contribution is -2.16. The number of anilines is 1. The standard InChI is InChI=1S/C8H12N4O3S/c1-4-15-8(16)11-5-9-6(13-2)12-7(10-5)14-3/h4H2,1-3H3,(H,9,10,11,12,16). The first-order valence-electron chi connectivity index (χ1n) is 4.47. The van der Waals surface area contributed by atoms with E-state index in [1.165, 1.54) is 14.2 Å². The van der Waals surface area contributed by atoms with E-state index in [4.69, 9.17) is 26.4 Å². The zero-order valence-electron chi connectivity index (χ0n) is 9.18. The Hall–Kier alpha value is -1.70. The van der Waals surface area contributed by atoms with Crippen molar-refractivity contribution in [2.24, 2.45) is 0 Å². The fraction of sp³-hybridized carbons (Fsp3) is 0.500. The summed E-state index contributed by atoms with van der Waals surface area (Å²) >= 11 is 4.88. The molecule has 1 heterocycles. The Bertz CT molecular complexity index is 352. The van der Waals surface area contributed by atoms with E-state index < -0.39 is 0 Å². The molecule has 0 saturated carbocycles. The first kappa shape index (κ1) is 12.4. The maximum atomic E-state index is 5.03. The van der Waals surface area contributed by atoms with Gasteiger partial charge < -0.3 is 14.2 Å². The molecule has 0 aliphatic rings. The molecule has 0 aliphatic heterocycles. The Labute approximate surface area is 98.2 Å². The molecule has 1 aromatic heterocycles. The van der Waals surface area contributed by atoms with Gasteiger partial charge >= 0.3 is 12.0 Å². The second-order valence-corrected chi connectivity index (χ2v) is 2.85. The Morgan fingerprint density at radius 1 is 1.19 bits per heavy atom. The predicted molar refractivity (Wildman–Crippen MR) is 60.8 cm³/mol. The molecule has 1 N–H and O–H groups in total. The second kappa shape index (κ2) is 6.01. The highest BCUT2D eigenvalue weighted by Crippen LogP contribution is 2.11. The van der Waals surface area contributed by atoms with Crippen molar-refractivity contribution in [1.29, 1.82) is 0 Å². The van der Waals surface area contributed by atoms with Gasteiger partial charge in [0.2, 0.25) is 5.95 Å². The van der Waals surface area contributed by atoms with Crippen molar-refractivity contribution in [1.82, 2.24) is 15.0 Å². The van der Waals surface area contributed by atoms with Crippen LogP contribution in [0.4, 0.5) is 5.95 Å². The van der Waals surface area contributed by atoms with Crippen molar-refractivity contribution < 1.29 is 14.2 Å². The molecule has 16 heavy (non-hydrogen) atoms. The Kier molecular flexibility index (Phi) is 4.65. The molecular weight excluding hydrogens is 232 g/mol. The minimum atomic E-state index is 0.133. The van der Waals surface area contributed by atoms with Crippen LogP contribution in [0.2, 0.25) is 0 Å². The number of methoxy groups -OCH3 is 2. The van der Waals surface area contributed by atoms with E-state index in [1.54, 1.807) is 0 Å². The third kappa shape index (κ3) is 3.46. The van der Waals surface area contributed by atoms with Crippen LogP contribution in [0.15, 0.2) is 0 Å². The predicted octanol–water partition coefficient (Wildman–Crippen LogP) is 0.622. The minimum absolute atomic E-state index is 0.133. The summed E-state index contributed by atoms with van der Waals surface area (Å²) in [5.74, 6) is 0.210. The average Bonchev–Trinajstić information content (AvgIpc) is 2.28. The molecule has 0 spiro atoms. The highest BCUT2D eigenvalue weighted by atomic mass is 32.1. The van der Waals surface area contributed by atoms with Crippen LogP contribution in [0, 0.1) is 0 Å². The van der Waals surface area contributed by atoms with E-state index >= 15 is 0 Å². The van der Waals surface area contributed by atoms with Gasteiger partial charge in [0.05, 0.1) is 20.8 Å². The molecule has 7 nitrogen and oxygen atoms in total. The van der Waals surface area contributed by atoms with Gasteiger partial charge in [-0.1, -0.05) is 0 Å². The van der Waals surface area contributed by atoms with Gasteiger partial charge in [0.1, 0.15) is 0 Å². The number of nitrogens with zero attached hydrogens (tertiary/aromatic N) is 3. The van der Waals surface area contributed by atoms with Crippen LogP contribution in [0.1, 0.15) is 6.92 Å². The highest BCUT2D eigenvalue weighted by molar-refractivity contribution is 7.80. The topological polar surface area (TPSA) is 78.4 Å². The van der Waals surface area contributed by atoms with Gasteiger partial charge in [-0.25, -0.2) is 0 Å². The zero-order chi connectivity index (χ0) is 12.0. The van der Waals surface area contributed by atoms with E-state index in [9.17, 15) is 0 Å². The largest absolute Gasteiger partial charge is 0.471 e. The van der Waals surface area contributed by atoms with Crippen LogP contribution in [-0.2, 0) is 4.74 Å². The lowest BCUT2D eigenvalue weighted by Gasteiger charge is -2.07. The number of aromatic nitrogens is 3. The molecule has 0 saturated heterocycles. The van der Waals surface area contributed by atoms with Crippen molar-refractivity contribution in [3.8, 4) is 12.0 Å². The van der Waals surface area contributed by atoms with E-state index in [1.807, 2.05) is 6.92 Å². The molecule has 0 amide bonds. The van der Waals surface area contributed by atoms with Crippen molar-refractivity contribution in [2.75, 3.05) is 26.1 Å². The molecule has 8 heteroatoms. The number of hydrogen-bond acceptors (Lipinski definition) is 7. The van der Waals surface area contributed by atoms with Gasteiger partial charge in [-0.15, -0.1) is 4.98 Å². The summed E-state index contributed by atoms with van der Waals surface area (Å²) in [6.45, 7) is 2.29. The van der Waals surface area contributed by atoms with E-state index in [2.05, 4.69) is 20.3 Å². The number of hydrogen-bond donors (Lipinski definition) is 1. The second-order valence-electron chi connectivity index (χ2n) is 2.48. The molecule has 0 aromatic carbocycles. The smallest absolute Gasteiger partial charge is 0.324 e. The van der Waals surface area contributed by atoms with Gasteiger partial charge in [-0.3, -0.25) is 5.32 Å². The lowest BCUT2D eigenvalue weighted by molar-refractivity contribution is 0.332. The van der Waals surface area contributed by atoms with E-state index in [0.29, 0.717) is 6.61 Å². The van der Waals surface area contributed by atoms with Crippen molar-refractivity contribution in [3.63, 3.8) is 0 Å². The normalized spacial score (nSPS) is 9.44. The van der Waals surface area contributed by atoms with Crippen LogP contribution in [0.25, 0.3) is 0 Å². The van der Waals surface area contributed by atoms with Gasteiger partial charge in [0.15, 0.2) is 0 Å². The first-order chi connectivity index (χ1) is 7.69. The quantitative estimate of drug-likeness (QED) is 0.772. The summed E-state index contributed by atoms with van der Waals surface area (Å²) in [5.41, 5.74) is 0. The summed E-state index contributed by atoms with van der Waals surface area (Å²) in [6.07, 6.45) is 0. The molecule has 0 unspecified atom stereocenters. The van der Waals surface area contributed by atoms with Crippen LogP contribution in [0.3, 0.4) is 0 Å². The lowest BCUT2D eigenvalue weighted by atomic mass is 10.8. The maximum absolute atomic E-state index is 5.03. The third-order valence-electron chi connectivity index (χ3n) is 1.45. The van der Waals surface area contributed by atoms with E-state index in [-0.39, 0.29) is 23.1 Å². The maximum Gasteiger partial charge on any atom is 0.324 e. The molecule has 0 atom stereocenters. The van der Waals surface area contributed by atoms with Gasteiger partial charge in [0, 0.05) is 0 Å². The van der Waals surface area contributed by atoms with Crippen molar-refractivity contribution in [2.45, 2.75) is 6.92 Å². The summed E-state index contributed by atoms with van der Waals surface area (Å²) in [5, 5.41) is 2.86. The summed E-state index contributed by atoms with van der Waals surface area (Å²) in [7, 11) is 2.89. The van der Waals surface area contributed by atoms with Crippen LogP contribution < -0.4 is 14.8 Å². The van der Waals surface area contributed by atoms with Gasteiger partial charge in [-0.05, 0) is 19.1 Å². The Morgan fingerprint density at radius 3 is 2.19 bits per heavy atom. The van der Waals surface area contributed by atoms with E-state index in [0.717, 1.165) is 0 Å². The number of rotatable bonds is 4. The molecule has 0 radical (unpaired) electrons. The molecule has 0 bridgehead atoms. The Morgan fingerprint density at radius 2 is 1.75 bits per heavy atom.